The number of sulfonamides is 1. The van der Waals surface area contributed by atoms with Crippen molar-refractivity contribution in [3.8, 4) is 11.1 Å². The first kappa shape index (κ1) is 26.4. The second kappa shape index (κ2) is 10.5. The van der Waals surface area contributed by atoms with Crippen molar-refractivity contribution in [3.63, 3.8) is 0 Å². The Morgan fingerprint density at radius 2 is 2.00 bits per heavy atom. The molecule has 0 saturated carbocycles. The maximum Gasteiger partial charge on any atom is 0.229 e. The van der Waals surface area contributed by atoms with Crippen LogP contribution in [-0.2, 0) is 10.0 Å². The van der Waals surface area contributed by atoms with Crippen molar-refractivity contribution in [2.75, 3.05) is 11.0 Å². The third-order valence-corrected chi connectivity index (χ3v) is 7.67. The van der Waals surface area contributed by atoms with Gasteiger partial charge in [0, 0.05) is 40.9 Å². The van der Waals surface area contributed by atoms with Gasteiger partial charge in [0.1, 0.15) is 11.5 Å². The largest absolute Gasteiger partial charge is 0.312 e. The van der Waals surface area contributed by atoms with Crippen LogP contribution < -0.4 is 4.72 Å². The minimum absolute atomic E-state index is 0.0556. The fraction of sp³-hybridized carbons (Fsp3) is 0.241. The van der Waals surface area contributed by atoms with E-state index >= 15 is 0 Å². The number of nitrogens with one attached hydrogen (secondary N) is 3. The second-order valence-corrected chi connectivity index (χ2v) is 11.5. The number of fused-ring (bicyclic) bond motifs is 1. The molecule has 0 bridgehead atoms. The molecule has 0 amide bonds. The van der Waals surface area contributed by atoms with E-state index in [1.54, 1.807) is 18.3 Å². The van der Waals surface area contributed by atoms with Crippen LogP contribution in [0.15, 0.2) is 71.5 Å². The van der Waals surface area contributed by atoms with Crippen molar-refractivity contribution in [1.29, 1.82) is 5.41 Å². The SMILES string of the molecule is CCC1=C(c2n[nH]c3ccc(-c4cncc(NS(C)(=O)=O)c4)cc23)N=C(C)C(C(C=N)c2cccc(F)c2)C1. The Labute approximate surface area is 226 Å². The minimum Gasteiger partial charge on any atom is -0.312 e. The highest BCUT2D eigenvalue weighted by molar-refractivity contribution is 7.92. The van der Waals surface area contributed by atoms with Crippen molar-refractivity contribution in [2.24, 2.45) is 10.9 Å². The first-order valence-corrected chi connectivity index (χ1v) is 14.5. The molecule has 1 aliphatic heterocycles. The molecule has 0 saturated heterocycles. The van der Waals surface area contributed by atoms with E-state index in [1.165, 1.54) is 24.5 Å². The average molecular weight is 545 g/mol. The number of H-pyrrole nitrogens is 1. The third-order valence-electron chi connectivity index (χ3n) is 7.06. The van der Waals surface area contributed by atoms with Gasteiger partial charge in [-0.1, -0.05) is 25.1 Å². The fourth-order valence-corrected chi connectivity index (χ4v) is 5.71. The van der Waals surface area contributed by atoms with E-state index in [9.17, 15) is 12.8 Å². The molecule has 5 rings (SSSR count). The van der Waals surface area contributed by atoms with Gasteiger partial charge in [0.2, 0.25) is 10.0 Å². The van der Waals surface area contributed by atoms with Crippen LogP contribution in [0.2, 0.25) is 0 Å². The topological polar surface area (TPSA) is 124 Å². The molecule has 2 atom stereocenters. The number of rotatable bonds is 8. The highest BCUT2D eigenvalue weighted by Crippen LogP contribution is 2.40. The molecule has 3 heterocycles. The standard InChI is InChI=1S/C29H29FN6O2S/c1-4-18-12-24(26(14-31)20-6-5-7-22(30)10-20)17(2)33-28(18)29-25-13-19(8-9-27(25)34-35-29)21-11-23(16-32-15-21)36-39(3,37)38/h5-11,13-16,24,26,31,36H,4,12H2,1-3H3,(H,34,35). The molecular formula is C29H29FN6O2S. The normalized spacial score (nSPS) is 16.7. The zero-order valence-corrected chi connectivity index (χ0v) is 22.7. The van der Waals surface area contributed by atoms with Gasteiger partial charge in [-0.05, 0) is 66.8 Å². The number of benzene rings is 2. The number of hydrogen-bond donors (Lipinski definition) is 3. The van der Waals surface area contributed by atoms with Gasteiger partial charge < -0.3 is 5.41 Å². The number of aromatic amines is 1. The van der Waals surface area contributed by atoms with Crippen LogP contribution in [0, 0.1) is 17.1 Å². The van der Waals surface area contributed by atoms with Crippen molar-refractivity contribution < 1.29 is 12.8 Å². The highest BCUT2D eigenvalue weighted by Gasteiger charge is 2.30. The van der Waals surface area contributed by atoms with Crippen molar-refractivity contribution >= 4 is 44.2 Å². The lowest BCUT2D eigenvalue weighted by Gasteiger charge is -2.29. The molecule has 3 N–H and O–H groups in total. The Balaban J connectivity index is 1.53. The van der Waals surface area contributed by atoms with Crippen molar-refractivity contribution in [2.45, 2.75) is 32.6 Å². The second-order valence-electron chi connectivity index (χ2n) is 9.79. The lowest BCUT2D eigenvalue weighted by Crippen LogP contribution is -2.25. The zero-order valence-electron chi connectivity index (χ0n) is 21.9. The Hall–Kier alpha value is -4.18. The lowest BCUT2D eigenvalue weighted by atomic mass is 9.77. The van der Waals surface area contributed by atoms with E-state index in [2.05, 4.69) is 26.8 Å². The van der Waals surface area contributed by atoms with Crippen LogP contribution in [0.3, 0.4) is 0 Å². The Morgan fingerprint density at radius 1 is 1.18 bits per heavy atom. The number of halogens is 1. The van der Waals surface area contributed by atoms with Gasteiger partial charge in [-0.2, -0.15) is 5.10 Å². The number of pyridine rings is 1. The van der Waals surface area contributed by atoms with E-state index in [4.69, 9.17) is 10.4 Å². The molecule has 2 aromatic carbocycles. The Bertz CT molecular complexity index is 1740. The highest BCUT2D eigenvalue weighted by atomic mass is 32.2. The molecule has 10 heteroatoms. The molecule has 39 heavy (non-hydrogen) atoms. The van der Waals surface area contributed by atoms with Crippen molar-refractivity contribution in [3.05, 3.63) is 83.6 Å². The molecule has 1 aliphatic rings. The van der Waals surface area contributed by atoms with Gasteiger partial charge in [-0.25, -0.2) is 12.8 Å². The number of aromatic nitrogens is 3. The van der Waals surface area contributed by atoms with Gasteiger partial charge in [-0.3, -0.25) is 19.8 Å². The Kier molecular flexibility index (Phi) is 7.14. The summed E-state index contributed by atoms with van der Waals surface area (Å²) >= 11 is 0. The van der Waals surface area contributed by atoms with Gasteiger partial charge in [0.25, 0.3) is 0 Å². The molecule has 0 radical (unpaired) electrons. The molecule has 0 aliphatic carbocycles. The van der Waals surface area contributed by atoms with E-state index in [0.717, 1.165) is 62.9 Å². The number of anilines is 1. The summed E-state index contributed by atoms with van der Waals surface area (Å²) in [6.07, 6.45) is 7.08. The van der Waals surface area contributed by atoms with Crippen LogP contribution in [-0.4, -0.2) is 41.8 Å². The molecule has 0 spiro atoms. The van der Waals surface area contributed by atoms with E-state index in [-0.39, 0.29) is 17.7 Å². The lowest BCUT2D eigenvalue weighted by molar-refractivity contribution is 0.602. The van der Waals surface area contributed by atoms with Gasteiger partial charge in [0.15, 0.2) is 0 Å². The molecular weight excluding hydrogens is 515 g/mol. The third kappa shape index (κ3) is 5.51. The first-order valence-electron chi connectivity index (χ1n) is 12.6. The quantitative estimate of drug-likeness (QED) is 0.229. The molecule has 4 aromatic rings. The number of aliphatic imine (C=N–C) groups is 1. The van der Waals surface area contributed by atoms with Gasteiger partial charge in [0.05, 0.1) is 29.4 Å². The summed E-state index contributed by atoms with van der Waals surface area (Å²) in [5.74, 6) is -0.654. The molecule has 200 valence electrons. The summed E-state index contributed by atoms with van der Waals surface area (Å²) in [5.41, 5.74) is 7.15. The molecule has 2 unspecified atom stereocenters. The maximum absolute atomic E-state index is 14.0. The number of nitrogens with zero attached hydrogens (tertiary/aromatic N) is 3. The van der Waals surface area contributed by atoms with Crippen molar-refractivity contribution in [1.82, 2.24) is 15.2 Å². The minimum atomic E-state index is -3.43. The molecule has 0 fully saturated rings. The first-order chi connectivity index (χ1) is 18.7. The number of allylic oxidation sites excluding steroid dienone is 1. The fourth-order valence-electron chi connectivity index (χ4n) is 5.17. The maximum atomic E-state index is 14.0. The summed E-state index contributed by atoms with van der Waals surface area (Å²) in [5, 5.41) is 16.7. The van der Waals surface area contributed by atoms with E-state index < -0.39 is 10.0 Å². The van der Waals surface area contributed by atoms with E-state index in [1.807, 2.05) is 31.2 Å². The average Bonchev–Trinajstić information content (AvgIpc) is 3.32. The van der Waals surface area contributed by atoms with Crippen LogP contribution >= 0.6 is 0 Å². The van der Waals surface area contributed by atoms with Crippen LogP contribution in [0.4, 0.5) is 10.1 Å². The summed E-state index contributed by atoms with van der Waals surface area (Å²) in [7, 11) is -3.43. The number of hydrogen-bond acceptors (Lipinski definition) is 6. The monoisotopic (exact) mass is 544 g/mol. The zero-order chi connectivity index (χ0) is 27.7. The summed E-state index contributed by atoms with van der Waals surface area (Å²) in [6, 6.07) is 14.0. The van der Waals surface area contributed by atoms with Gasteiger partial charge >= 0.3 is 0 Å². The summed E-state index contributed by atoms with van der Waals surface area (Å²) in [6.45, 7) is 4.04. The van der Waals surface area contributed by atoms with Crippen LogP contribution in [0.25, 0.3) is 27.7 Å². The molecule has 8 nitrogen and oxygen atoms in total. The predicted octanol–water partition coefficient (Wildman–Crippen LogP) is 6.17. The Morgan fingerprint density at radius 3 is 2.72 bits per heavy atom. The van der Waals surface area contributed by atoms with Gasteiger partial charge in [-0.15, -0.1) is 0 Å². The molecule has 2 aromatic heterocycles. The summed E-state index contributed by atoms with van der Waals surface area (Å²) in [4.78, 5) is 9.21. The van der Waals surface area contributed by atoms with E-state index in [0.29, 0.717) is 12.1 Å². The predicted molar refractivity (Wildman–Crippen MR) is 154 cm³/mol. The smallest absolute Gasteiger partial charge is 0.229 e. The van der Waals surface area contributed by atoms with Crippen LogP contribution in [0.1, 0.15) is 43.9 Å². The van der Waals surface area contributed by atoms with Crippen LogP contribution in [0.5, 0.6) is 0 Å². The summed E-state index contributed by atoms with van der Waals surface area (Å²) < 4.78 is 39.8.